The average molecular weight is 277 g/mol. The normalized spacial score (nSPS) is 11.9. The molecular weight excluding hydrogens is 262 g/mol. The predicted octanol–water partition coefficient (Wildman–Crippen LogP) is 2.95. The highest BCUT2D eigenvalue weighted by Gasteiger charge is 2.15. The van der Waals surface area contributed by atoms with Crippen molar-refractivity contribution in [3.63, 3.8) is 0 Å². The van der Waals surface area contributed by atoms with Crippen LogP contribution >= 0.6 is 11.3 Å². The highest BCUT2D eigenvalue weighted by Crippen LogP contribution is 2.24. The third-order valence-corrected chi connectivity index (χ3v) is 3.54. The van der Waals surface area contributed by atoms with E-state index in [1.807, 2.05) is 23.8 Å². The first-order valence-electron chi connectivity index (χ1n) is 5.81. The van der Waals surface area contributed by atoms with Crippen LogP contribution in [0.2, 0.25) is 0 Å². The van der Waals surface area contributed by atoms with Gasteiger partial charge in [-0.2, -0.15) is 11.3 Å². The average Bonchev–Trinajstić information content (AvgIpc) is 2.93. The van der Waals surface area contributed by atoms with E-state index < -0.39 is 0 Å². The van der Waals surface area contributed by atoms with E-state index in [0.29, 0.717) is 5.75 Å². The molecule has 0 bridgehead atoms. The van der Waals surface area contributed by atoms with E-state index in [4.69, 9.17) is 4.74 Å². The number of phenolic OH excluding ortho intramolecular Hbond substituents is 1. The van der Waals surface area contributed by atoms with Gasteiger partial charge < -0.3 is 15.2 Å². The highest BCUT2D eigenvalue weighted by atomic mass is 32.1. The van der Waals surface area contributed by atoms with Crippen LogP contribution in [0.1, 0.15) is 28.9 Å². The lowest BCUT2D eigenvalue weighted by Gasteiger charge is -2.13. The van der Waals surface area contributed by atoms with E-state index in [2.05, 4.69) is 5.32 Å². The number of phenols is 1. The lowest BCUT2D eigenvalue weighted by Crippen LogP contribution is -2.26. The van der Waals surface area contributed by atoms with Crippen molar-refractivity contribution in [2.24, 2.45) is 0 Å². The van der Waals surface area contributed by atoms with Gasteiger partial charge in [0.25, 0.3) is 5.91 Å². The molecule has 1 atom stereocenters. The second kappa shape index (κ2) is 5.75. The number of nitrogens with one attached hydrogen (secondary N) is 1. The molecule has 0 aliphatic carbocycles. The fourth-order valence-electron chi connectivity index (χ4n) is 1.70. The van der Waals surface area contributed by atoms with Crippen molar-refractivity contribution in [1.29, 1.82) is 0 Å². The number of methoxy groups -OCH3 is 1. The number of carbonyl (C=O) groups excluding carboxylic acids is 1. The lowest BCUT2D eigenvalue weighted by molar-refractivity contribution is 0.0937. The minimum atomic E-state index is -0.324. The molecular formula is C14H15NO3S. The number of carbonyl (C=O) groups is 1. The molecule has 0 aliphatic heterocycles. The zero-order valence-electron chi connectivity index (χ0n) is 10.7. The second-order valence-corrected chi connectivity index (χ2v) is 4.91. The number of hydrogen-bond acceptors (Lipinski definition) is 4. The van der Waals surface area contributed by atoms with E-state index in [-0.39, 0.29) is 23.3 Å². The summed E-state index contributed by atoms with van der Waals surface area (Å²) in [6.45, 7) is 1.90. The number of rotatable bonds is 4. The first kappa shape index (κ1) is 13.4. The van der Waals surface area contributed by atoms with Crippen LogP contribution in [0.5, 0.6) is 11.5 Å². The Bertz CT molecular complexity index is 566. The largest absolute Gasteiger partial charge is 0.507 e. The van der Waals surface area contributed by atoms with Crippen LogP contribution in [-0.4, -0.2) is 18.1 Å². The molecule has 0 radical (unpaired) electrons. The zero-order valence-corrected chi connectivity index (χ0v) is 11.5. The molecule has 0 aliphatic rings. The van der Waals surface area contributed by atoms with Crippen molar-refractivity contribution < 1.29 is 14.6 Å². The second-order valence-electron chi connectivity index (χ2n) is 4.13. The molecule has 1 unspecified atom stereocenters. The number of aromatic hydroxyl groups is 1. The van der Waals surface area contributed by atoms with Crippen molar-refractivity contribution in [1.82, 2.24) is 5.32 Å². The van der Waals surface area contributed by atoms with Gasteiger partial charge >= 0.3 is 0 Å². The molecule has 100 valence electrons. The van der Waals surface area contributed by atoms with Crippen LogP contribution in [0.15, 0.2) is 35.0 Å². The van der Waals surface area contributed by atoms with Gasteiger partial charge in [-0.3, -0.25) is 4.79 Å². The van der Waals surface area contributed by atoms with Gasteiger partial charge in [-0.05, 0) is 47.5 Å². The number of amides is 1. The van der Waals surface area contributed by atoms with E-state index >= 15 is 0 Å². The Morgan fingerprint density at radius 1 is 1.42 bits per heavy atom. The van der Waals surface area contributed by atoms with E-state index in [0.717, 1.165) is 5.56 Å². The third kappa shape index (κ3) is 3.06. The molecule has 4 nitrogen and oxygen atoms in total. The summed E-state index contributed by atoms with van der Waals surface area (Å²) in [5.74, 6) is 0.150. The topological polar surface area (TPSA) is 58.6 Å². The molecule has 2 rings (SSSR count). The zero-order chi connectivity index (χ0) is 13.8. The molecule has 1 amide bonds. The van der Waals surface area contributed by atoms with Gasteiger partial charge in [-0.25, -0.2) is 0 Å². The maximum atomic E-state index is 12.1. The SMILES string of the molecule is COc1ccc(O)c(C(=O)NC(C)c2ccsc2)c1. The van der Waals surface area contributed by atoms with Gasteiger partial charge in [0, 0.05) is 0 Å². The quantitative estimate of drug-likeness (QED) is 0.903. The van der Waals surface area contributed by atoms with Gasteiger partial charge in [-0.1, -0.05) is 0 Å². The Kier molecular flexibility index (Phi) is 4.06. The summed E-state index contributed by atoms with van der Waals surface area (Å²) in [7, 11) is 1.52. The van der Waals surface area contributed by atoms with Gasteiger partial charge in [0.15, 0.2) is 0 Å². The maximum Gasteiger partial charge on any atom is 0.255 e. The molecule has 1 heterocycles. The molecule has 0 saturated heterocycles. The summed E-state index contributed by atoms with van der Waals surface area (Å²) in [5, 5.41) is 16.5. The maximum absolute atomic E-state index is 12.1. The molecule has 0 spiro atoms. The number of hydrogen-bond donors (Lipinski definition) is 2. The molecule has 0 saturated carbocycles. The number of thiophene rings is 1. The number of benzene rings is 1. The minimum Gasteiger partial charge on any atom is -0.507 e. The third-order valence-electron chi connectivity index (χ3n) is 2.84. The van der Waals surface area contributed by atoms with Gasteiger partial charge in [0.1, 0.15) is 11.5 Å². The highest BCUT2D eigenvalue weighted by molar-refractivity contribution is 7.07. The minimum absolute atomic E-state index is 0.0594. The Balaban J connectivity index is 2.16. The molecule has 1 aromatic heterocycles. The summed E-state index contributed by atoms with van der Waals surface area (Å²) in [4.78, 5) is 12.1. The van der Waals surface area contributed by atoms with Crippen LogP contribution in [0.3, 0.4) is 0 Å². The van der Waals surface area contributed by atoms with Gasteiger partial charge in [-0.15, -0.1) is 0 Å². The molecule has 1 aromatic carbocycles. The first-order valence-corrected chi connectivity index (χ1v) is 6.76. The van der Waals surface area contributed by atoms with Gasteiger partial charge in [0.05, 0.1) is 18.7 Å². The van der Waals surface area contributed by atoms with Crippen LogP contribution in [0.25, 0.3) is 0 Å². The fraction of sp³-hybridized carbons (Fsp3) is 0.214. The van der Waals surface area contributed by atoms with Gasteiger partial charge in [0.2, 0.25) is 0 Å². The predicted molar refractivity (Wildman–Crippen MR) is 74.9 cm³/mol. The van der Waals surface area contributed by atoms with Crippen LogP contribution < -0.4 is 10.1 Å². The summed E-state index contributed by atoms with van der Waals surface area (Å²) in [6, 6.07) is 6.42. The van der Waals surface area contributed by atoms with Crippen LogP contribution in [0, 0.1) is 0 Å². The molecule has 0 fully saturated rings. The number of ether oxygens (including phenoxy) is 1. The van der Waals surface area contributed by atoms with Crippen molar-refractivity contribution in [2.45, 2.75) is 13.0 Å². The molecule has 2 aromatic rings. The van der Waals surface area contributed by atoms with Crippen molar-refractivity contribution >= 4 is 17.2 Å². The Morgan fingerprint density at radius 2 is 2.21 bits per heavy atom. The standard InChI is InChI=1S/C14H15NO3S/c1-9(10-5-6-19-8-10)15-14(17)12-7-11(18-2)3-4-13(12)16/h3-9,16H,1-2H3,(H,15,17). The summed E-state index contributed by atoms with van der Waals surface area (Å²) < 4.78 is 5.05. The molecule has 5 heteroatoms. The van der Waals surface area contributed by atoms with Crippen molar-refractivity contribution in [3.8, 4) is 11.5 Å². The summed E-state index contributed by atoms with van der Waals surface area (Å²) >= 11 is 1.58. The van der Waals surface area contributed by atoms with Crippen molar-refractivity contribution in [3.05, 3.63) is 46.2 Å². The van der Waals surface area contributed by atoms with Crippen LogP contribution in [0.4, 0.5) is 0 Å². The van der Waals surface area contributed by atoms with E-state index in [9.17, 15) is 9.90 Å². The van der Waals surface area contributed by atoms with Crippen LogP contribution in [-0.2, 0) is 0 Å². The fourth-order valence-corrected chi connectivity index (χ4v) is 2.46. The Morgan fingerprint density at radius 3 is 2.84 bits per heavy atom. The first-order chi connectivity index (χ1) is 9.11. The summed E-state index contributed by atoms with van der Waals surface area (Å²) in [5.41, 5.74) is 1.25. The van der Waals surface area contributed by atoms with Crippen molar-refractivity contribution in [2.75, 3.05) is 7.11 Å². The smallest absolute Gasteiger partial charge is 0.255 e. The molecule has 2 N–H and O–H groups in total. The lowest BCUT2D eigenvalue weighted by atomic mass is 10.1. The Labute approximate surface area is 115 Å². The molecule has 19 heavy (non-hydrogen) atoms. The van der Waals surface area contributed by atoms with E-state index in [1.54, 1.807) is 17.4 Å². The summed E-state index contributed by atoms with van der Waals surface area (Å²) in [6.07, 6.45) is 0. The van der Waals surface area contributed by atoms with E-state index in [1.165, 1.54) is 19.2 Å². The monoisotopic (exact) mass is 277 g/mol. The Hall–Kier alpha value is -2.01.